The van der Waals surface area contributed by atoms with Crippen molar-refractivity contribution < 1.29 is 31.1 Å². The summed E-state index contributed by atoms with van der Waals surface area (Å²) in [5, 5.41) is 0. The molecular formula is C18H15F6N3O. The van der Waals surface area contributed by atoms with Crippen LogP contribution in [0.4, 0.5) is 26.3 Å². The maximum Gasteiger partial charge on any atom is 0.416 e. The van der Waals surface area contributed by atoms with E-state index in [4.69, 9.17) is 0 Å². The van der Waals surface area contributed by atoms with E-state index >= 15 is 0 Å². The molecule has 0 aliphatic carbocycles. The summed E-state index contributed by atoms with van der Waals surface area (Å²) in [6, 6.07) is -0.0192. The van der Waals surface area contributed by atoms with Crippen molar-refractivity contribution in [3.8, 4) is 0 Å². The molecule has 0 spiro atoms. The summed E-state index contributed by atoms with van der Waals surface area (Å²) in [5.74, 6) is -1.02. The molecule has 0 aliphatic rings. The SMILES string of the molecule is C=Cc1nccnc1C(C)N(C)C(=O)c1cc(C(F)(F)F)cc(C(F)(F)F)c1. The van der Waals surface area contributed by atoms with E-state index in [0.717, 1.165) is 4.90 Å². The van der Waals surface area contributed by atoms with E-state index in [0.29, 0.717) is 23.5 Å². The van der Waals surface area contributed by atoms with Crippen molar-refractivity contribution in [1.29, 1.82) is 0 Å². The Morgan fingerprint density at radius 2 is 1.54 bits per heavy atom. The average molecular weight is 403 g/mol. The number of hydrogen-bond donors (Lipinski definition) is 0. The first kappa shape index (κ1) is 21.4. The molecule has 0 saturated carbocycles. The van der Waals surface area contributed by atoms with Gasteiger partial charge in [-0.2, -0.15) is 26.3 Å². The monoisotopic (exact) mass is 403 g/mol. The zero-order chi connectivity index (χ0) is 21.3. The second-order valence-electron chi connectivity index (χ2n) is 5.92. The van der Waals surface area contributed by atoms with Crippen LogP contribution in [0.5, 0.6) is 0 Å². The summed E-state index contributed by atoms with van der Waals surface area (Å²) in [7, 11) is 1.25. The Morgan fingerprint density at radius 1 is 1.04 bits per heavy atom. The molecule has 1 atom stereocenters. The molecule has 2 rings (SSSR count). The van der Waals surface area contributed by atoms with Gasteiger partial charge >= 0.3 is 12.4 Å². The molecule has 0 N–H and O–H groups in total. The average Bonchev–Trinajstić information content (AvgIpc) is 2.64. The van der Waals surface area contributed by atoms with Crippen molar-refractivity contribution in [2.24, 2.45) is 0 Å². The number of hydrogen-bond acceptors (Lipinski definition) is 3. The smallest absolute Gasteiger partial charge is 0.333 e. The molecule has 1 heterocycles. The summed E-state index contributed by atoms with van der Waals surface area (Å²) < 4.78 is 78.0. The van der Waals surface area contributed by atoms with E-state index in [1.165, 1.54) is 32.4 Å². The first-order valence-corrected chi connectivity index (χ1v) is 7.86. The van der Waals surface area contributed by atoms with Gasteiger partial charge in [0, 0.05) is 25.0 Å². The highest BCUT2D eigenvalue weighted by molar-refractivity contribution is 5.94. The summed E-state index contributed by atoms with van der Waals surface area (Å²) >= 11 is 0. The Bertz CT molecular complexity index is 859. The first-order valence-electron chi connectivity index (χ1n) is 7.86. The van der Waals surface area contributed by atoms with Crippen LogP contribution in [-0.2, 0) is 12.4 Å². The van der Waals surface area contributed by atoms with E-state index < -0.39 is 41.0 Å². The molecule has 1 aromatic heterocycles. The highest BCUT2D eigenvalue weighted by Crippen LogP contribution is 2.37. The van der Waals surface area contributed by atoms with Crippen molar-refractivity contribution in [2.75, 3.05) is 7.05 Å². The van der Waals surface area contributed by atoms with Gasteiger partial charge in [0.05, 0.1) is 28.6 Å². The van der Waals surface area contributed by atoms with Gasteiger partial charge in [-0.05, 0) is 31.2 Å². The zero-order valence-corrected chi connectivity index (χ0v) is 14.8. The summed E-state index contributed by atoms with van der Waals surface area (Å²) in [6.45, 7) is 5.08. The number of rotatable bonds is 4. The highest BCUT2D eigenvalue weighted by Gasteiger charge is 2.38. The number of carbonyl (C=O) groups excluding carboxylic acids is 1. The number of alkyl halides is 6. The molecule has 10 heteroatoms. The lowest BCUT2D eigenvalue weighted by atomic mass is 10.0. The Kier molecular flexibility index (Phi) is 5.81. The fourth-order valence-corrected chi connectivity index (χ4v) is 2.48. The van der Waals surface area contributed by atoms with Gasteiger partial charge in [0.2, 0.25) is 0 Å². The molecule has 4 nitrogen and oxygen atoms in total. The number of carbonyl (C=O) groups is 1. The van der Waals surface area contributed by atoms with E-state index in [2.05, 4.69) is 16.5 Å². The van der Waals surface area contributed by atoms with Crippen LogP contribution >= 0.6 is 0 Å². The molecule has 0 bridgehead atoms. The Balaban J connectivity index is 2.48. The van der Waals surface area contributed by atoms with Crippen LogP contribution in [0.1, 0.15) is 45.8 Å². The van der Waals surface area contributed by atoms with Gasteiger partial charge < -0.3 is 4.90 Å². The third-order valence-electron chi connectivity index (χ3n) is 4.08. The molecule has 0 fully saturated rings. The number of amides is 1. The van der Waals surface area contributed by atoms with E-state index in [1.807, 2.05) is 0 Å². The number of nitrogens with zero attached hydrogens (tertiary/aromatic N) is 3. The normalized spacial score (nSPS) is 13.1. The van der Waals surface area contributed by atoms with Crippen LogP contribution in [0.25, 0.3) is 6.08 Å². The van der Waals surface area contributed by atoms with E-state index in [-0.39, 0.29) is 6.07 Å². The fraction of sp³-hybridized carbons (Fsp3) is 0.278. The van der Waals surface area contributed by atoms with Crippen LogP contribution in [0.2, 0.25) is 0 Å². The van der Waals surface area contributed by atoms with Gasteiger partial charge in [-0.15, -0.1) is 0 Å². The predicted octanol–water partition coefficient (Wildman–Crippen LogP) is 4.99. The van der Waals surface area contributed by atoms with Gasteiger partial charge in [0.25, 0.3) is 5.91 Å². The van der Waals surface area contributed by atoms with Crippen LogP contribution in [0.15, 0.2) is 37.2 Å². The van der Waals surface area contributed by atoms with Crippen molar-refractivity contribution in [2.45, 2.75) is 25.3 Å². The third-order valence-corrected chi connectivity index (χ3v) is 4.08. The number of benzene rings is 1. The maximum absolute atomic E-state index is 13.0. The minimum atomic E-state index is -5.04. The second kappa shape index (κ2) is 7.61. The fourth-order valence-electron chi connectivity index (χ4n) is 2.48. The van der Waals surface area contributed by atoms with Crippen LogP contribution in [0, 0.1) is 0 Å². The second-order valence-corrected chi connectivity index (χ2v) is 5.92. The molecule has 0 radical (unpaired) electrons. The highest BCUT2D eigenvalue weighted by atomic mass is 19.4. The van der Waals surface area contributed by atoms with Crippen LogP contribution in [-0.4, -0.2) is 27.8 Å². The molecule has 0 aliphatic heterocycles. The zero-order valence-electron chi connectivity index (χ0n) is 14.8. The topological polar surface area (TPSA) is 46.1 Å². The first-order chi connectivity index (χ1) is 12.9. The van der Waals surface area contributed by atoms with Gasteiger partial charge in [-0.3, -0.25) is 14.8 Å². The Labute approximate surface area is 156 Å². The van der Waals surface area contributed by atoms with Crippen LogP contribution in [0.3, 0.4) is 0 Å². The predicted molar refractivity (Wildman–Crippen MR) is 89.1 cm³/mol. The largest absolute Gasteiger partial charge is 0.416 e. The van der Waals surface area contributed by atoms with E-state index in [9.17, 15) is 31.1 Å². The molecule has 0 saturated heterocycles. The molecule has 2 aromatic rings. The van der Waals surface area contributed by atoms with Crippen molar-refractivity contribution in [1.82, 2.24) is 14.9 Å². The Morgan fingerprint density at radius 3 is 2.00 bits per heavy atom. The number of aromatic nitrogens is 2. The lowest BCUT2D eigenvalue weighted by Gasteiger charge is -2.26. The van der Waals surface area contributed by atoms with Gasteiger partial charge in [0.1, 0.15) is 0 Å². The van der Waals surface area contributed by atoms with E-state index in [1.54, 1.807) is 0 Å². The van der Waals surface area contributed by atoms with Crippen molar-refractivity contribution in [3.63, 3.8) is 0 Å². The molecule has 1 aromatic carbocycles. The van der Waals surface area contributed by atoms with Gasteiger partial charge in [-0.25, -0.2) is 0 Å². The van der Waals surface area contributed by atoms with Crippen molar-refractivity contribution >= 4 is 12.0 Å². The summed E-state index contributed by atoms with van der Waals surface area (Å²) in [4.78, 5) is 21.7. The third kappa shape index (κ3) is 4.49. The number of halogens is 6. The molecule has 1 amide bonds. The summed E-state index contributed by atoms with van der Waals surface area (Å²) in [6.07, 6.45) is -5.97. The minimum absolute atomic E-state index is 0.0291. The lowest BCUT2D eigenvalue weighted by Crippen LogP contribution is -2.31. The molecule has 28 heavy (non-hydrogen) atoms. The summed E-state index contributed by atoms with van der Waals surface area (Å²) in [5.41, 5.74) is -3.21. The van der Waals surface area contributed by atoms with Crippen molar-refractivity contribution in [3.05, 3.63) is 65.2 Å². The maximum atomic E-state index is 13.0. The molecular weight excluding hydrogens is 388 g/mol. The molecule has 1 unspecified atom stereocenters. The Hall–Kier alpha value is -2.91. The minimum Gasteiger partial charge on any atom is -0.333 e. The van der Waals surface area contributed by atoms with Crippen LogP contribution < -0.4 is 0 Å². The van der Waals surface area contributed by atoms with Gasteiger partial charge in [-0.1, -0.05) is 6.58 Å². The lowest BCUT2D eigenvalue weighted by molar-refractivity contribution is -0.143. The van der Waals surface area contributed by atoms with Gasteiger partial charge in [0.15, 0.2) is 0 Å². The standard InChI is InChI=1S/C18H15F6N3O/c1-4-14-15(26-6-5-25-14)10(2)27(3)16(28)11-7-12(17(19,20)21)9-13(8-11)18(22,23)24/h4-10H,1H2,2-3H3. The quantitative estimate of drug-likeness (QED) is 0.676. The molecule has 150 valence electrons.